The first-order chi connectivity index (χ1) is 14.0. The van der Waals surface area contributed by atoms with E-state index in [9.17, 15) is 4.79 Å². The number of benzene rings is 1. The number of thiazole rings is 1. The average molecular weight is 414 g/mol. The number of aromatic nitrogens is 1. The Labute approximate surface area is 177 Å². The molecule has 0 atom stereocenters. The molecular weight excluding hydrogens is 382 g/mol. The topological polar surface area (TPSA) is 69.6 Å². The van der Waals surface area contributed by atoms with Crippen molar-refractivity contribution in [2.75, 3.05) is 19.6 Å². The molecule has 0 radical (unpaired) electrons. The van der Waals surface area contributed by atoms with Gasteiger partial charge in [-0.15, -0.1) is 11.3 Å². The zero-order valence-electron chi connectivity index (χ0n) is 17.6. The van der Waals surface area contributed by atoms with Crippen LogP contribution in [0.1, 0.15) is 46.5 Å². The van der Waals surface area contributed by atoms with Gasteiger partial charge in [0.15, 0.2) is 5.96 Å². The summed E-state index contributed by atoms with van der Waals surface area (Å²) in [5.74, 6) is 1.08. The molecular formula is C22H31N5OS. The van der Waals surface area contributed by atoms with E-state index in [4.69, 9.17) is 4.99 Å². The summed E-state index contributed by atoms with van der Waals surface area (Å²) in [4.78, 5) is 24.4. The maximum Gasteiger partial charge on any atom is 0.222 e. The standard InChI is InChI=1S/C22H31N5OS/c1-4-23-22(24-11-10-20-26-16(2)17(3)29-20)25-14-18-7-5-8-19(13-18)15-27-12-6-9-21(27)28/h5,7-8,13H,4,6,9-12,14-15H2,1-3H3,(H2,23,24,25). The lowest BCUT2D eigenvalue weighted by molar-refractivity contribution is -0.128. The average Bonchev–Trinajstić information content (AvgIpc) is 3.25. The molecule has 29 heavy (non-hydrogen) atoms. The van der Waals surface area contributed by atoms with E-state index in [1.165, 1.54) is 10.4 Å². The normalized spacial score (nSPS) is 14.5. The van der Waals surface area contributed by atoms with Crippen molar-refractivity contribution in [3.63, 3.8) is 0 Å². The number of rotatable bonds is 8. The molecule has 3 rings (SSSR count). The Kier molecular flexibility index (Phi) is 7.63. The largest absolute Gasteiger partial charge is 0.357 e. The number of hydrogen-bond donors (Lipinski definition) is 2. The fourth-order valence-electron chi connectivity index (χ4n) is 3.36. The van der Waals surface area contributed by atoms with Crippen molar-refractivity contribution in [3.8, 4) is 0 Å². The quantitative estimate of drug-likeness (QED) is 0.515. The van der Waals surface area contributed by atoms with Gasteiger partial charge in [0.1, 0.15) is 0 Å². The van der Waals surface area contributed by atoms with Gasteiger partial charge in [0.25, 0.3) is 0 Å². The summed E-state index contributed by atoms with van der Waals surface area (Å²) in [6, 6.07) is 8.37. The number of amides is 1. The van der Waals surface area contributed by atoms with E-state index in [0.717, 1.165) is 54.7 Å². The first-order valence-corrected chi connectivity index (χ1v) is 11.2. The highest BCUT2D eigenvalue weighted by Crippen LogP contribution is 2.17. The summed E-state index contributed by atoms with van der Waals surface area (Å²) in [6.45, 7) is 10.0. The van der Waals surface area contributed by atoms with Gasteiger partial charge in [-0.2, -0.15) is 0 Å². The Hall–Kier alpha value is -2.41. The predicted octanol–water partition coefficient (Wildman–Crippen LogP) is 3.18. The highest BCUT2D eigenvalue weighted by atomic mass is 32.1. The minimum Gasteiger partial charge on any atom is -0.357 e. The van der Waals surface area contributed by atoms with Crippen LogP contribution in [0.4, 0.5) is 0 Å². The second kappa shape index (κ2) is 10.4. The van der Waals surface area contributed by atoms with Gasteiger partial charge >= 0.3 is 0 Å². The molecule has 2 N–H and O–H groups in total. The van der Waals surface area contributed by atoms with Crippen LogP contribution in [0.5, 0.6) is 0 Å². The van der Waals surface area contributed by atoms with Crippen molar-refractivity contribution in [2.24, 2.45) is 4.99 Å². The molecule has 2 aromatic rings. The maximum atomic E-state index is 11.9. The third-order valence-corrected chi connectivity index (χ3v) is 6.14. The predicted molar refractivity (Wildman–Crippen MR) is 119 cm³/mol. The van der Waals surface area contributed by atoms with Gasteiger partial charge in [0.05, 0.1) is 17.2 Å². The smallest absolute Gasteiger partial charge is 0.222 e. The lowest BCUT2D eigenvalue weighted by Gasteiger charge is -2.16. The number of nitrogens with zero attached hydrogens (tertiary/aromatic N) is 3. The van der Waals surface area contributed by atoms with Crippen molar-refractivity contribution < 1.29 is 4.79 Å². The molecule has 0 spiro atoms. The van der Waals surface area contributed by atoms with Crippen LogP contribution in [0.25, 0.3) is 0 Å². The Morgan fingerprint density at radius 1 is 1.28 bits per heavy atom. The molecule has 0 bridgehead atoms. The van der Waals surface area contributed by atoms with E-state index in [-0.39, 0.29) is 5.91 Å². The molecule has 156 valence electrons. The number of likely N-dealkylation sites (tertiary alicyclic amines) is 1. The lowest BCUT2D eigenvalue weighted by atomic mass is 10.1. The van der Waals surface area contributed by atoms with Crippen molar-refractivity contribution in [2.45, 2.75) is 53.1 Å². The van der Waals surface area contributed by atoms with Gasteiger partial charge in [-0.25, -0.2) is 9.98 Å². The number of aryl methyl sites for hydroxylation is 2. The molecule has 1 amide bonds. The second-order valence-corrected chi connectivity index (χ2v) is 8.65. The first-order valence-electron chi connectivity index (χ1n) is 10.4. The van der Waals surface area contributed by atoms with Gasteiger partial charge in [-0.3, -0.25) is 4.79 Å². The maximum absolute atomic E-state index is 11.9. The Morgan fingerprint density at radius 3 is 2.79 bits per heavy atom. The summed E-state index contributed by atoms with van der Waals surface area (Å²) in [5, 5.41) is 7.86. The van der Waals surface area contributed by atoms with Crippen LogP contribution in [0.2, 0.25) is 0 Å². The van der Waals surface area contributed by atoms with Crippen LogP contribution in [-0.4, -0.2) is 41.4 Å². The monoisotopic (exact) mass is 413 g/mol. The number of hydrogen-bond acceptors (Lipinski definition) is 4. The van der Waals surface area contributed by atoms with E-state index in [0.29, 0.717) is 19.5 Å². The number of guanidine groups is 1. The van der Waals surface area contributed by atoms with E-state index < -0.39 is 0 Å². The van der Waals surface area contributed by atoms with Crippen LogP contribution in [0.15, 0.2) is 29.3 Å². The molecule has 1 aromatic carbocycles. The van der Waals surface area contributed by atoms with Crippen LogP contribution in [0, 0.1) is 13.8 Å². The molecule has 0 aliphatic carbocycles. The SMILES string of the molecule is CCNC(=NCc1cccc(CN2CCCC2=O)c1)NCCc1nc(C)c(C)s1. The van der Waals surface area contributed by atoms with Crippen LogP contribution < -0.4 is 10.6 Å². The fraction of sp³-hybridized carbons (Fsp3) is 0.500. The van der Waals surface area contributed by atoms with E-state index in [2.05, 4.69) is 54.6 Å². The van der Waals surface area contributed by atoms with Crippen LogP contribution in [0.3, 0.4) is 0 Å². The van der Waals surface area contributed by atoms with Gasteiger partial charge in [0, 0.05) is 43.9 Å². The van der Waals surface area contributed by atoms with E-state index in [1.807, 2.05) is 11.0 Å². The number of nitrogens with one attached hydrogen (secondary N) is 2. The second-order valence-electron chi connectivity index (χ2n) is 7.36. The van der Waals surface area contributed by atoms with E-state index in [1.54, 1.807) is 11.3 Å². The molecule has 0 saturated carbocycles. The van der Waals surface area contributed by atoms with Crippen LogP contribution in [-0.2, 0) is 24.3 Å². The van der Waals surface area contributed by atoms with Crippen molar-refractivity contribution in [1.29, 1.82) is 0 Å². The third-order valence-electron chi connectivity index (χ3n) is 5.00. The van der Waals surface area contributed by atoms with Gasteiger partial charge in [0.2, 0.25) is 5.91 Å². The van der Waals surface area contributed by atoms with Crippen molar-refractivity contribution in [3.05, 3.63) is 51.0 Å². The minimum absolute atomic E-state index is 0.262. The molecule has 0 unspecified atom stereocenters. The summed E-state index contributed by atoms with van der Waals surface area (Å²) >= 11 is 1.76. The molecule has 1 aliphatic heterocycles. The summed E-state index contributed by atoms with van der Waals surface area (Å²) < 4.78 is 0. The molecule has 1 aliphatic rings. The fourth-order valence-corrected chi connectivity index (χ4v) is 4.30. The zero-order chi connectivity index (χ0) is 20.6. The summed E-state index contributed by atoms with van der Waals surface area (Å²) in [7, 11) is 0. The minimum atomic E-state index is 0.262. The summed E-state index contributed by atoms with van der Waals surface area (Å²) in [6.07, 6.45) is 2.55. The molecule has 6 nitrogen and oxygen atoms in total. The van der Waals surface area contributed by atoms with Gasteiger partial charge in [-0.1, -0.05) is 24.3 Å². The number of carbonyl (C=O) groups excluding carboxylic acids is 1. The Morgan fingerprint density at radius 2 is 2.10 bits per heavy atom. The molecule has 1 saturated heterocycles. The molecule has 1 aromatic heterocycles. The number of aliphatic imine (C=N–C) groups is 1. The number of carbonyl (C=O) groups is 1. The van der Waals surface area contributed by atoms with E-state index >= 15 is 0 Å². The third kappa shape index (κ3) is 6.29. The highest BCUT2D eigenvalue weighted by Gasteiger charge is 2.19. The zero-order valence-corrected chi connectivity index (χ0v) is 18.4. The lowest BCUT2D eigenvalue weighted by Crippen LogP contribution is -2.38. The van der Waals surface area contributed by atoms with Gasteiger partial charge in [-0.05, 0) is 38.3 Å². The van der Waals surface area contributed by atoms with Crippen molar-refractivity contribution >= 4 is 23.2 Å². The van der Waals surface area contributed by atoms with Crippen LogP contribution >= 0.6 is 11.3 Å². The summed E-state index contributed by atoms with van der Waals surface area (Å²) in [5.41, 5.74) is 3.44. The Bertz CT molecular complexity index is 841. The first kappa shape index (κ1) is 21.3. The molecule has 1 fully saturated rings. The Balaban J connectivity index is 1.54. The molecule has 2 heterocycles. The van der Waals surface area contributed by atoms with Gasteiger partial charge < -0.3 is 15.5 Å². The van der Waals surface area contributed by atoms with Crippen molar-refractivity contribution in [1.82, 2.24) is 20.5 Å². The molecule has 7 heteroatoms. The highest BCUT2D eigenvalue weighted by molar-refractivity contribution is 7.11.